The molecule has 4 nitrogen and oxygen atoms in total. The summed E-state index contributed by atoms with van der Waals surface area (Å²) in [6.07, 6.45) is 4.53. The Kier molecular flexibility index (Phi) is 6.00. The largest absolute Gasteiger partial charge is 0.496 e. The van der Waals surface area contributed by atoms with Crippen molar-refractivity contribution in [1.29, 1.82) is 0 Å². The summed E-state index contributed by atoms with van der Waals surface area (Å²) in [5, 5.41) is 3.58. The first-order valence-corrected chi connectivity index (χ1v) is 8.07. The number of aromatic nitrogens is 1. The van der Waals surface area contributed by atoms with Crippen LogP contribution in [0.5, 0.6) is 5.75 Å². The predicted molar refractivity (Wildman–Crippen MR) is 86.8 cm³/mol. The summed E-state index contributed by atoms with van der Waals surface area (Å²) in [6, 6.07) is 0. The number of ether oxygens (including phenoxy) is 1. The standard InChI is InChI=1S/C17H29N3O/c1-5-20-8-6-15(7-9-20)11-18-12-16-14(3)17(21-4)13(2)10-19-16/h10,15,18H,5-9,11-12H2,1-4H3. The quantitative estimate of drug-likeness (QED) is 0.874. The van der Waals surface area contributed by atoms with Gasteiger partial charge in [-0.15, -0.1) is 0 Å². The van der Waals surface area contributed by atoms with Crippen molar-refractivity contribution in [2.45, 2.75) is 40.2 Å². The molecule has 0 aromatic carbocycles. The highest BCUT2D eigenvalue weighted by Crippen LogP contribution is 2.24. The van der Waals surface area contributed by atoms with Crippen molar-refractivity contribution in [3.05, 3.63) is 23.0 Å². The van der Waals surface area contributed by atoms with Crippen molar-refractivity contribution >= 4 is 0 Å². The maximum absolute atomic E-state index is 5.46. The van der Waals surface area contributed by atoms with Crippen LogP contribution in [0.15, 0.2) is 6.20 Å². The maximum atomic E-state index is 5.46. The van der Waals surface area contributed by atoms with Crippen LogP contribution >= 0.6 is 0 Å². The van der Waals surface area contributed by atoms with Crippen LogP contribution in [0.2, 0.25) is 0 Å². The van der Waals surface area contributed by atoms with Crippen molar-refractivity contribution in [2.24, 2.45) is 5.92 Å². The van der Waals surface area contributed by atoms with Crippen molar-refractivity contribution < 1.29 is 4.74 Å². The molecule has 0 radical (unpaired) electrons. The maximum Gasteiger partial charge on any atom is 0.128 e. The van der Waals surface area contributed by atoms with Gasteiger partial charge in [0.15, 0.2) is 0 Å². The average Bonchev–Trinajstić information content (AvgIpc) is 2.51. The fourth-order valence-electron chi connectivity index (χ4n) is 3.15. The Bertz CT molecular complexity index is 454. The molecule has 0 saturated carbocycles. The number of aryl methyl sites for hydroxylation is 1. The van der Waals surface area contributed by atoms with Crippen LogP contribution in [0.1, 0.15) is 36.6 Å². The van der Waals surface area contributed by atoms with Gasteiger partial charge in [-0.2, -0.15) is 0 Å². The van der Waals surface area contributed by atoms with Gasteiger partial charge in [0.05, 0.1) is 12.8 Å². The summed E-state index contributed by atoms with van der Waals surface area (Å²) in [4.78, 5) is 7.08. The molecule has 0 bridgehead atoms. The van der Waals surface area contributed by atoms with E-state index in [4.69, 9.17) is 4.74 Å². The summed E-state index contributed by atoms with van der Waals surface area (Å²) >= 11 is 0. The fourth-order valence-corrected chi connectivity index (χ4v) is 3.15. The van der Waals surface area contributed by atoms with Crippen molar-refractivity contribution in [2.75, 3.05) is 33.3 Å². The molecule has 0 amide bonds. The average molecular weight is 291 g/mol. The molecule has 4 heteroatoms. The Morgan fingerprint density at radius 3 is 2.67 bits per heavy atom. The van der Waals surface area contributed by atoms with E-state index in [1.54, 1.807) is 7.11 Å². The molecule has 0 atom stereocenters. The Morgan fingerprint density at radius 2 is 2.05 bits per heavy atom. The molecule has 1 aromatic rings. The Hall–Kier alpha value is -1.13. The zero-order valence-corrected chi connectivity index (χ0v) is 13.9. The lowest BCUT2D eigenvalue weighted by Crippen LogP contribution is -2.37. The molecule has 1 aliphatic heterocycles. The van der Waals surface area contributed by atoms with E-state index in [2.05, 4.69) is 29.0 Å². The van der Waals surface area contributed by atoms with Crippen LogP contribution in [0.3, 0.4) is 0 Å². The lowest BCUT2D eigenvalue weighted by molar-refractivity contribution is 0.190. The number of piperidine rings is 1. The molecule has 1 aliphatic rings. The highest BCUT2D eigenvalue weighted by Gasteiger charge is 2.17. The fraction of sp³-hybridized carbons (Fsp3) is 0.706. The van der Waals surface area contributed by atoms with Crippen molar-refractivity contribution in [1.82, 2.24) is 15.2 Å². The zero-order valence-electron chi connectivity index (χ0n) is 13.9. The number of nitrogens with one attached hydrogen (secondary N) is 1. The summed E-state index contributed by atoms with van der Waals surface area (Å²) in [7, 11) is 1.73. The first-order valence-electron chi connectivity index (χ1n) is 8.07. The number of likely N-dealkylation sites (tertiary alicyclic amines) is 1. The molecule has 21 heavy (non-hydrogen) atoms. The zero-order chi connectivity index (χ0) is 15.2. The smallest absolute Gasteiger partial charge is 0.128 e. The van der Waals surface area contributed by atoms with Crippen LogP contribution in [-0.2, 0) is 6.54 Å². The van der Waals surface area contributed by atoms with Gasteiger partial charge >= 0.3 is 0 Å². The number of rotatable bonds is 6. The molecular formula is C17H29N3O. The van der Waals surface area contributed by atoms with Gasteiger partial charge in [-0.05, 0) is 58.8 Å². The number of nitrogens with zero attached hydrogens (tertiary/aromatic N) is 2. The SMILES string of the molecule is CCN1CCC(CNCc2ncc(C)c(OC)c2C)CC1. The number of hydrogen-bond acceptors (Lipinski definition) is 4. The summed E-state index contributed by atoms with van der Waals surface area (Å²) < 4.78 is 5.46. The van der Waals surface area contributed by atoms with Gasteiger partial charge in [0.25, 0.3) is 0 Å². The van der Waals surface area contributed by atoms with E-state index >= 15 is 0 Å². The van der Waals surface area contributed by atoms with E-state index in [0.29, 0.717) is 0 Å². The van der Waals surface area contributed by atoms with Crippen LogP contribution in [0.25, 0.3) is 0 Å². The number of pyridine rings is 1. The lowest BCUT2D eigenvalue weighted by atomic mass is 9.97. The van der Waals surface area contributed by atoms with Crippen LogP contribution in [0, 0.1) is 19.8 Å². The van der Waals surface area contributed by atoms with Crippen LogP contribution < -0.4 is 10.1 Å². The topological polar surface area (TPSA) is 37.4 Å². The monoisotopic (exact) mass is 291 g/mol. The van der Waals surface area contributed by atoms with Crippen molar-refractivity contribution in [3.63, 3.8) is 0 Å². The van der Waals surface area contributed by atoms with Gasteiger partial charge in [0, 0.05) is 23.9 Å². The molecule has 0 spiro atoms. The highest BCUT2D eigenvalue weighted by molar-refractivity contribution is 5.40. The summed E-state index contributed by atoms with van der Waals surface area (Å²) in [6.45, 7) is 12.0. The molecule has 2 heterocycles. The first kappa shape index (κ1) is 16.2. The van der Waals surface area contributed by atoms with E-state index in [9.17, 15) is 0 Å². The lowest BCUT2D eigenvalue weighted by Gasteiger charge is -2.31. The molecular weight excluding hydrogens is 262 g/mol. The molecule has 1 saturated heterocycles. The third kappa shape index (κ3) is 4.17. The predicted octanol–water partition coefficient (Wildman–Crippen LogP) is 2.53. The Labute approximate surface area is 128 Å². The molecule has 2 rings (SSSR count). The molecule has 1 aromatic heterocycles. The summed E-state index contributed by atoms with van der Waals surface area (Å²) in [5.41, 5.74) is 3.36. The van der Waals surface area contributed by atoms with Gasteiger partial charge in [-0.3, -0.25) is 4.98 Å². The molecule has 1 N–H and O–H groups in total. The minimum atomic E-state index is 0.806. The van der Waals surface area contributed by atoms with Crippen LogP contribution in [0.4, 0.5) is 0 Å². The number of hydrogen-bond donors (Lipinski definition) is 1. The Morgan fingerprint density at radius 1 is 1.33 bits per heavy atom. The minimum absolute atomic E-state index is 0.806. The molecule has 118 valence electrons. The third-order valence-corrected chi connectivity index (χ3v) is 4.63. The number of methoxy groups -OCH3 is 1. The van der Waals surface area contributed by atoms with E-state index in [1.165, 1.54) is 32.5 Å². The van der Waals surface area contributed by atoms with Gasteiger partial charge in [-0.25, -0.2) is 0 Å². The van der Waals surface area contributed by atoms with E-state index in [1.807, 2.05) is 13.1 Å². The van der Waals surface area contributed by atoms with Gasteiger partial charge in [-0.1, -0.05) is 6.92 Å². The highest BCUT2D eigenvalue weighted by atomic mass is 16.5. The van der Waals surface area contributed by atoms with Gasteiger partial charge in [0.2, 0.25) is 0 Å². The molecule has 0 aliphatic carbocycles. The second kappa shape index (κ2) is 7.76. The van der Waals surface area contributed by atoms with Crippen LogP contribution in [-0.4, -0.2) is 43.2 Å². The molecule has 0 unspecified atom stereocenters. The van der Waals surface area contributed by atoms with E-state index in [0.717, 1.165) is 41.6 Å². The second-order valence-electron chi connectivity index (χ2n) is 6.05. The first-order chi connectivity index (χ1) is 10.2. The van der Waals surface area contributed by atoms with E-state index < -0.39 is 0 Å². The Balaban J connectivity index is 1.81. The second-order valence-corrected chi connectivity index (χ2v) is 6.05. The van der Waals surface area contributed by atoms with Gasteiger partial charge in [0.1, 0.15) is 5.75 Å². The minimum Gasteiger partial charge on any atom is -0.496 e. The van der Waals surface area contributed by atoms with Gasteiger partial charge < -0.3 is 15.0 Å². The molecule has 1 fully saturated rings. The third-order valence-electron chi connectivity index (χ3n) is 4.63. The normalized spacial score (nSPS) is 17.1. The van der Waals surface area contributed by atoms with Crippen molar-refractivity contribution in [3.8, 4) is 5.75 Å². The van der Waals surface area contributed by atoms with E-state index in [-0.39, 0.29) is 0 Å². The summed E-state index contributed by atoms with van der Waals surface area (Å²) in [5.74, 6) is 1.78.